The van der Waals surface area contributed by atoms with Gasteiger partial charge in [0.2, 0.25) is 0 Å². The summed E-state index contributed by atoms with van der Waals surface area (Å²) in [5.74, 6) is -0.897. The topological polar surface area (TPSA) is 53.9 Å². The van der Waals surface area contributed by atoms with Crippen molar-refractivity contribution in [2.45, 2.75) is 31.0 Å². The molecule has 0 saturated heterocycles. The highest BCUT2D eigenvalue weighted by Crippen LogP contribution is 2.40. The molecule has 0 aromatic heterocycles. The van der Waals surface area contributed by atoms with E-state index in [4.69, 9.17) is 4.74 Å². The third-order valence-electron chi connectivity index (χ3n) is 5.01. The van der Waals surface area contributed by atoms with E-state index in [1.54, 1.807) is 43.3 Å². The molecule has 2 aromatic carbocycles. The maximum absolute atomic E-state index is 13.9. The van der Waals surface area contributed by atoms with E-state index in [-0.39, 0.29) is 5.69 Å². The molecule has 30 heavy (non-hydrogen) atoms. The van der Waals surface area contributed by atoms with Crippen molar-refractivity contribution < 1.29 is 27.4 Å². The van der Waals surface area contributed by atoms with Gasteiger partial charge in [-0.05, 0) is 30.0 Å². The molecule has 2 atom stereocenters. The van der Waals surface area contributed by atoms with Crippen molar-refractivity contribution in [3.05, 3.63) is 59.4 Å². The zero-order valence-corrected chi connectivity index (χ0v) is 16.5. The number of nitrogens with one attached hydrogen (secondary N) is 1. The van der Waals surface area contributed by atoms with Crippen molar-refractivity contribution >= 4 is 23.7 Å². The van der Waals surface area contributed by atoms with E-state index in [0.717, 1.165) is 6.07 Å². The maximum atomic E-state index is 13.9. The molecule has 0 fully saturated rings. The second-order valence-electron chi connectivity index (χ2n) is 7.20. The lowest BCUT2D eigenvalue weighted by atomic mass is 9.86. The zero-order chi connectivity index (χ0) is 21.9. The zero-order valence-electron chi connectivity index (χ0n) is 16.5. The number of fused-ring (bicyclic) bond motifs is 1. The first-order valence-electron chi connectivity index (χ1n) is 9.36. The quantitative estimate of drug-likeness (QED) is 0.480. The predicted octanol–water partition coefficient (Wildman–Crippen LogP) is 5.46. The Morgan fingerprint density at radius 1 is 1.27 bits per heavy atom. The van der Waals surface area contributed by atoms with Crippen LogP contribution >= 0.6 is 0 Å². The van der Waals surface area contributed by atoms with Crippen LogP contribution < -0.4 is 10.1 Å². The summed E-state index contributed by atoms with van der Waals surface area (Å²) in [5, 5.41) is 13.5. The van der Waals surface area contributed by atoms with Crippen molar-refractivity contribution in [3.63, 3.8) is 0 Å². The summed E-state index contributed by atoms with van der Waals surface area (Å²) in [7, 11) is 1.43. The van der Waals surface area contributed by atoms with Crippen LogP contribution in [-0.4, -0.2) is 36.8 Å². The predicted molar refractivity (Wildman–Crippen MR) is 109 cm³/mol. The van der Waals surface area contributed by atoms with Gasteiger partial charge in [-0.25, -0.2) is 4.39 Å². The summed E-state index contributed by atoms with van der Waals surface area (Å²) in [6.45, 7) is 2.04. The third kappa shape index (κ3) is 4.48. The molecule has 0 amide bonds. The number of aliphatic imine (C=N–C) groups is 1. The van der Waals surface area contributed by atoms with Crippen LogP contribution in [0.1, 0.15) is 30.4 Å². The van der Waals surface area contributed by atoms with Crippen LogP contribution in [0.4, 0.5) is 28.9 Å². The smallest absolute Gasteiger partial charge is 0.422 e. The molecule has 160 valence electrons. The lowest BCUT2D eigenvalue weighted by Crippen LogP contribution is -2.47. The highest BCUT2D eigenvalue weighted by Gasteiger charge is 2.53. The number of rotatable bonds is 6. The summed E-state index contributed by atoms with van der Waals surface area (Å²) in [5.41, 5.74) is -1.78. The Kier molecular flexibility index (Phi) is 6.17. The largest absolute Gasteiger partial charge is 0.496 e. The number of para-hydroxylation sites is 1. The van der Waals surface area contributed by atoms with Crippen LogP contribution in [0.2, 0.25) is 0 Å². The molecule has 2 unspecified atom stereocenters. The van der Waals surface area contributed by atoms with Crippen LogP contribution in [-0.2, 0) is 0 Å². The summed E-state index contributed by atoms with van der Waals surface area (Å²) in [6, 6.07) is 8.97. The molecule has 0 aliphatic carbocycles. The molecule has 2 N–H and O–H groups in total. The van der Waals surface area contributed by atoms with Crippen LogP contribution in [0.15, 0.2) is 47.5 Å². The summed E-state index contributed by atoms with van der Waals surface area (Å²) >= 11 is 0. The molecular formula is C22H22F4N2O2. The Morgan fingerprint density at radius 2 is 2.00 bits per heavy atom. The first kappa shape index (κ1) is 21.8. The lowest BCUT2D eigenvalue weighted by molar-refractivity contribution is -0.231. The fourth-order valence-electron chi connectivity index (χ4n) is 3.45. The van der Waals surface area contributed by atoms with Gasteiger partial charge in [0.05, 0.1) is 12.8 Å². The fourth-order valence-corrected chi connectivity index (χ4v) is 3.45. The third-order valence-corrected chi connectivity index (χ3v) is 5.01. The minimum absolute atomic E-state index is 0.000990. The Labute approximate surface area is 171 Å². The van der Waals surface area contributed by atoms with Crippen LogP contribution in [0.3, 0.4) is 0 Å². The molecule has 1 aliphatic rings. The number of ether oxygens (including phenoxy) is 1. The van der Waals surface area contributed by atoms with Crippen molar-refractivity contribution in [3.8, 4) is 5.75 Å². The van der Waals surface area contributed by atoms with E-state index in [1.807, 2.05) is 0 Å². The Balaban J connectivity index is 1.96. The van der Waals surface area contributed by atoms with E-state index < -0.39 is 29.9 Å². The number of alkyl halides is 3. The molecule has 0 radical (unpaired) electrons. The van der Waals surface area contributed by atoms with Crippen LogP contribution in [0.5, 0.6) is 5.75 Å². The van der Waals surface area contributed by atoms with E-state index in [1.165, 1.54) is 13.2 Å². The molecule has 1 heterocycles. The first-order valence-corrected chi connectivity index (χ1v) is 9.36. The number of hydrogen-bond donors (Lipinski definition) is 2. The fraction of sp³-hybridized carbons (Fsp3) is 0.318. The number of halogens is 4. The van der Waals surface area contributed by atoms with E-state index >= 15 is 0 Å². The molecular weight excluding hydrogens is 400 g/mol. The molecule has 8 heteroatoms. The van der Waals surface area contributed by atoms with Crippen molar-refractivity contribution in [1.29, 1.82) is 0 Å². The summed E-state index contributed by atoms with van der Waals surface area (Å²) < 4.78 is 60.5. The highest BCUT2D eigenvalue weighted by molar-refractivity contribution is 5.83. The monoisotopic (exact) mass is 422 g/mol. The standard InChI is InChI=1S/C22H22F4N2O2/c1-14(16-6-3-4-8-20(16)30-2)12-21(29,22(24,25)26)13-28-19-11-15(23)10-18-17(19)7-5-9-27-18/h3-8,10-11,13-14,27,29H,9,12H2,1-2H3. The second kappa shape index (κ2) is 8.47. The highest BCUT2D eigenvalue weighted by atomic mass is 19.4. The number of anilines is 1. The normalized spacial score (nSPS) is 16.6. The van der Waals surface area contributed by atoms with Gasteiger partial charge in [0.25, 0.3) is 0 Å². The molecule has 1 aliphatic heterocycles. The summed E-state index contributed by atoms with van der Waals surface area (Å²) in [4.78, 5) is 3.85. The molecule has 3 rings (SSSR count). The van der Waals surface area contributed by atoms with E-state index in [0.29, 0.717) is 35.3 Å². The molecule has 0 saturated carbocycles. The van der Waals surface area contributed by atoms with Gasteiger partial charge in [0, 0.05) is 30.1 Å². The van der Waals surface area contributed by atoms with Gasteiger partial charge in [-0.15, -0.1) is 0 Å². The summed E-state index contributed by atoms with van der Waals surface area (Å²) in [6.07, 6.45) is -1.79. The average molecular weight is 422 g/mol. The Bertz CT molecular complexity index is 972. The lowest BCUT2D eigenvalue weighted by Gasteiger charge is -2.30. The van der Waals surface area contributed by atoms with E-state index in [2.05, 4.69) is 10.3 Å². The molecule has 4 nitrogen and oxygen atoms in total. The average Bonchev–Trinajstić information content (AvgIpc) is 2.71. The number of benzene rings is 2. The number of hydrogen-bond acceptors (Lipinski definition) is 4. The Morgan fingerprint density at radius 3 is 2.70 bits per heavy atom. The minimum Gasteiger partial charge on any atom is -0.496 e. The Hall–Kier alpha value is -2.87. The molecule has 2 aromatic rings. The van der Waals surface area contributed by atoms with Gasteiger partial charge in [-0.3, -0.25) is 4.99 Å². The molecule has 0 bridgehead atoms. The van der Waals surface area contributed by atoms with Crippen molar-refractivity contribution in [2.24, 2.45) is 4.99 Å². The number of methoxy groups -OCH3 is 1. The van der Waals surface area contributed by atoms with Gasteiger partial charge in [0.15, 0.2) is 5.60 Å². The van der Waals surface area contributed by atoms with Gasteiger partial charge in [0.1, 0.15) is 11.6 Å². The van der Waals surface area contributed by atoms with Gasteiger partial charge in [-0.2, -0.15) is 13.2 Å². The van der Waals surface area contributed by atoms with Crippen LogP contribution in [0.25, 0.3) is 6.08 Å². The van der Waals surface area contributed by atoms with E-state index in [9.17, 15) is 22.7 Å². The van der Waals surface area contributed by atoms with Gasteiger partial charge < -0.3 is 15.2 Å². The number of nitrogens with zero attached hydrogens (tertiary/aromatic N) is 1. The maximum Gasteiger partial charge on any atom is 0.422 e. The number of aliphatic hydroxyl groups is 1. The SMILES string of the molecule is COc1ccccc1C(C)CC(O)(C=Nc1cc(F)cc2c1C=CCN2)C(F)(F)F. The minimum atomic E-state index is -4.98. The van der Waals surface area contributed by atoms with Crippen molar-refractivity contribution in [2.75, 3.05) is 19.0 Å². The van der Waals surface area contributed by atoms with Crippen molar-refractivity contribution in [1.82, 2.24) is 0 Å². The first-order chi connectivity index (χ1) is 14.1. The molecule has 0 spiro atoms. The van der Waals surface area contributed by atoms with Gasteiger partial charge in [-0.1, -0.05) is 37.3 Å². The van der Waals surface area contributed by atoms with Crippen LogP contribution in [0, 0.1) is 5.82 Å². The van der Waals surface area contributed by atoms with Gasteiger partial charge >= 0.3 is 6.18 Å². The second-order valence-corrected chi connectivity index (χ2v) is 7.20.